The molecule has 168 valence electrons. The molecule has 0 radical (unpaired) electrons. The third kappa shape index (κ3) is 5.46. The number of aromatic nitrogens is 2. The lowest BCUT2D eigenvalue weighted by Gasteiger charge is -2.14. The second kappa shape index (κ2) is 10.3. The van der Waals surface area contributed by atoms with Crippen LogP contribution in [0.3, 0.4) is 0 Å². The van der Waals surface area contributed by atoms with Crippen LogP contribution in [0, 0.1) is 4.77 Å². The molecule has 2 aromatic rings. The molecule has 2 aliphatic rings. The van der Waals surface area contributed by atoms with Crippen LogP contribution in [0.5, 0.6) is 11.5 Å². The van der Waals surface area contributed by atoms with Gasteiger partial charge in [-0.3, -0.25) is 14.2 Å². The van der Waals surface area contributed by atoms with Crippen LogP contribution in [-0.4, -0.2) is 53.3 Å². The molecular formula is C22H30N4O4S. The van der Waals surface area contributed by atoms with Gasteiger partial charge in [0.05, 0.1) is 10.9 Å². The van der Waals surface area contributed by atoms with Gasteiger partial charge in [0.15, 0.2) is 16.3 Å². The van der Waals surface area contributed by atoms with Crippen molar-refractivity contribution in [2.24, 2.45) is 0 Å². The highest BCUT2D eigenvalue weighted by atomic mass is 32.1. The molecule has 1 saturated heterocycles. The average Bonchev–Trinajstić information content (AvgIpc) is 3.43. The fourth-order valence-corrected chi connectivity index (χ4v) is 4.49. The first kappa shape index (κ1) is 21.8. The van der Waals surface area contributed by atoms with Crippen molar-refractivity contribution in [3.05, 3.63) is 27.3 Å². The smallest absolute Gasteiger partial charge is 0.262 e. The van der Waals surface area contributed by atoms with Crippen LogP contribution in [0.25, 0.3) is 10.9 Å². The van der Waals surface area contributed by atoms with Gasteiger partial charge in [0.2, 0.25) is 12.7 Å². The largest absolute Gasteiger partial charge is 0.454 e. The van der Waals surface area contributed by atoms with Crippen LogP contribution in [0.4, 0.5) is 0 Å². The zero-order chi connectivity index (χ0) is 21.6. The van der Waals surface area contributed by atoms with Gasteiger partial charge in [-0.05, 0) is 70.0 Å². The van der Waals surface area contributed by atoms with E-state index in [9.17, 15) is 9.59 Å². The summed E-state index contributed by atoms with van der Waals surface area (Å²) in [6.07, 6.45) is 6.58. The number of unbranched alkanes of at least 4 members (excludes halogenated alkanes) is 2. The maximum Gasteiger partial charge on any atom is 0.262 e. The summed E-state index contributed by atoms with van der Waals surface area (Å²) >= 11 is 5.38. The molecule has 31 heavy (non-hydrogen) atoms. The molecule has 1 amide bonds. The summed E-state index contributed by atoms with van der Waals surface area (Å²) < 4.78 is 12.7. The Kier molecular flexibility index (Phi) is 7.24. The van der Waals surface area contributed by atoms with Gasteiger partial charge in [-0.25, -0.2) is 0 Å². The summed E-state index contributed by atoms with van der Waals surface area (Å²) in [5.41, 5.74) is 0.518. The van der Waals surface area contributed by atoms with Gasteiger partial charge in [-0.15, -0.1) is 0 Å². The second-order valence-electron chi connectivity index (χ2n) is 8.20. The van der Waals surface area contributed by atoms with E-state index in [0.717, 1.165) is 38.8 Å². The number of fused-ring (bicyclic) bond motifs is 2. The first-order valence-corrected chi connectivity index (χ1v) is 11.6. The molecule has 2 aliphatic heterocycles. The molecule has 0 bridgehead atoms. The van der Waals surface area contributed by atoms with Crippen LogP contribution in [0.15, 0.2) is 16.9 Å². The number of likely N-dealkylation sites (tertiary alicyclic amines) is 1. The Morgan fingerprint density at radius 3 is 2.65 bits per heavy atom. The average molecular weight is 447 g/mol. The minimum absolute atomic E-state index is 0.109. The Bertz CT molecular complexity index is 1040. The van der Waals surface area contributed by atoms with E-state index in [1.54, 1.807) is 16.7 Å². The molecule has 1 fully saturated rings. The van der Waals surface area contributed by atoms with Gasteiger partial charge >= 0.3 is 0 Å². The molecule has 1 aromatic carbocycles. The molecular weight excluding hydrogens is 416 g/mol. The lowest BCUT2D eigenvalue weighted by atomic mass is 10.2. The number of ether oxygens (including phenoxy) is 2. The zero-order valence-electron chi connectivity index (χ0n) is 17.8. The lowest BCUT2D eigenvalue weighted by molar-refractivity contribution is -0.121. The van der Waals surface area contributed by atoms with Crippen molar-refractivity contribution in [3.8, 4) is 11.5 Å². The molecule has 0 atom stereocenters. The highest BCUT2D eigenvalue weighted by Gasteiger charge is 2.17. The monoisotopic (exact) mass is 446 g/mol. The van der Waals surface area contributed by atoms with Crippen molar-refractivity contribution in [2.75, 3.05) is 33.0 Å². The number of aromatic amines is 1. The Labute approximate surface area is 186 Å². The summed E-state index contributed by atoms with van der Waals surface area (Å²) in [6.45, 7) is 4.89. The van der Waals surface area contributed by atoms with Crippen molar-refractivity contribution < 1.29 is 14.3 Å². The highest BCUT2D eigenvalue weighted by molar-refractivity contribution is 7.71. The van der Waals surface area contributed by atoms with E-state index in [-0.39, 0.29) is 18.3 Å². The number of amides is 1. The van der Waals surface area contributed by atoms with E-state index >= 15 is 0 Å². The minimum atomic E-state index is -0.132. The SMILES string of the molecule is O=C(CCCCCn1c(=S)[nH]c2cc3c(cc2c1=O)OCO3)NCCCN1CCCC1. The van der Waals surface area contributed by atoms with Gasteiger partial charge in [0.25, 0.3) is 5.56 Å². The Hall–Kier alpha value is -2.39. The maximum atomic E-state index is 12.9. The lowest BCUT2D eigenvalue weighted by Crippen LogP contribution is -2.28. The summed E-state index contributed by atoms with van der Waals surface area (Å²) in [5.74, 6) is 1.30. The van der Waals surface area contributed by atoms with E-state index in [4.69, 9.17) is 21.7 Å². The molecule has 0 saturated carbocycles. The number of hydrogen-bond donors (Lipinski definition) is 2. The van der Waals surface area contributed by atoms with Crippen LogP contribution in [-0.2, 0) is 11.3 Å². The third-order valence-electron chi connectivity index (χ3n) is 5.93. The number of carbonyl (C=O) groups excluding carboxylic acids is 1. The summed E-state index contributed by atoms with van der Waals surface area (Å²) in [5, 5.41) is 3.54. The van der Waals surface area contributed by atoms with Crippen LogP contribution >= 0.6 is 12.2 Å². The van der Waals surface area contributed by atoms with E-state index in [1.807, 2.05) is 0 Å². The van der Waals surface area contributed by atoms with Crippen molar-refractivity contribution in [2.45, 2.75) is 51.5 Å². The van der Waals surface area contributed by atoms with Gasteiger partial charge in [0, 0.05) is 25.6 Å². The molecule has 8 nitrogen and oxygen atoms in total. The van der Waals surface area contributed by atoms with E-state index in [0.29, 0.717) is 40.1 Å². The number of benzene rings is 1. The topological polar surface area (TPSA) is 88.6 Å². The normalized spacial score (nSPS) is 15.6. The quantitative estimate of drug-likeness (QED) is 0.431. The predicted molar refractivity (Wildman–Crippen MR) is 121 cm³/mol. The van der Waals surface area contributed by atoms with E-state index in [1.165, 1.54) is 25.9 Å². The van der Waals surface area contributed by atoms with Crippen LogP contribution in [0.1, 0.15) is 44.9 Å². The third-order valence-corrected chi connectivity index (χ3v) is 6.26. The standard InChI is InChI=1S/C22H30N4O4S/c27-20(23-8-6-11-25-9-4-5-10-25)7-2-1-3-12-26-21(28)16-13-18-19(30-15-29-18)14-17(16)24-22(26)31/h13-14H,1-12,15H2,(H,23,27)(H,24,31). The molecule has 0 unspecified atom stereocenters. The second-order valence-corrected chi connectivity index (χ2v) is 8.59. The highest BCUT2D eigenvalue weighted by Crippen LogP contribution is 2.34. The summed E-state index contributed by atoms with van der Waals surface area (Å²) in [6, 6.07) is 3.46. The first-order valence-electron chi connectivity index (χ1n) is 11.2. The van der Waals surface area contributed by atoms with Crippen molar-refractivity contribution in [3.63, 3.8) is 0 Å². The van der Waals surface area contributed by atoms with Gasteiger partial charge in [-0.2, -0.15) is 0 Å². The predicted octanol–water partition coefficient (Wildman–Crippen LogP) is 2.95. The molecule has 1 aromatic heterocycles. The van der Waals surface area contributed by atoms with Crippen molar-refractivity contribution in [1.82, 2.24) is 19.8 Å². The number of nitrogens with one attached hydrogen (secondary N) is 2. The number of hydrogen-bond acceptors (Lipinski definition) is 6. The van der Waals surface area contributed by atoms with E-state index in [2.05, 4.69) is 15.2 Å². The Morgan fingerprint density at radius 2 is 1.84 bits per heavy atom. The molecule has 0 spiro atoms. The molecule has 9 heteroatoms. The van der Waals surface area contributed by atoms with Crippen LogP contribution in [0.2, 0.25) is 0 Å². The molecule has 4 rings (SSSR count). The van der Waals surface area contributed by atoms with Crippen molar-refractivity contribution in [1.29, 1.82) is 0 Å². The number of H-pyrrole nitrogens is 1. The summed E-state index contributed by atoms with van der Waals surface area (Å²) in [4.78, 5) is 30.4. The van der Waals surface area contributed by atoms with Gasteiger partial charge in [0.1, 0.15) is 0 Å². The molecule has 0 aliphatic carbocycles. The zero-order valence-corrected chi connectivity index (χ0v) is 18.6. The maximum absolute atomic E-state index is 12.9. The minimum Gasteiger partial charge on any atom is -0.454 e. The summed E-state index contributed by atoms with van der Waals surface area (Å²) in [7, 11) is 0. The Balaban J connectivity index is 1.20. The Morgan fingerprint density at radius 1 is 1.06 bits per heavy atom. The number of rotatable bonds is 10. The first-order chi connectivity index (χ1) is 15.1. The van der Waals surface area contributed by atoms with Gasteiger partial charge in [-0.1, -0.05) is 6.42 Å². The van der Waals surface area contributed by atoms with Crippen LogP contribution < -0.4 is 20.3 Å². The van der Waals surface area contributed by atoms with Crippen molar-refractivity contribution >= 4 is 29.0 Å². The van der Waals surface area contributed by atoms with Gasteiger partial charge < -0.3 is 24.7 Å². The van der Waals surface area contributed by atoms with E-state index < -0.39 is 0 Å². The fraction of sp³-hybridized carbons (Fsp3) is 0.591. The number of nitrogens with zero attached hydrogens (tertiary/aromatic N) is 2. The fourth-order valence-electron chi connectivity index (χ4n) is 4.20. The molecule has 2 N–H and O–H groups in total. The molecule has 3 heterocycles. The number of carbonyl (C=O) groups is 1.